The fraction of sp³-hybridized carbons (Fsp3) is 0.600. The van der Waals surface area contributed by atoms with Gasteiger partial charge in [-0.3, -0.25) is 0 Å². The molecule has 2 rings (SSSR count). The van der Waals surface area contributed by atoms with Gasteiger partial charge in [0.1, 0.15) is 4.21 Å². The highest BCUT2D eigenvalue weighted by Crippen LogP contribution is 2.27. The molecule has 0 radical (unpaired) electrons. The van der Waals surface area contributed by atoms with Crippen molar-refractivity contribution >= 4 is 27.0 Å². The van der Waals surface area contributed by atoms with Crippen LogP contribution >= 0.6 is 11.3 Å². The van der Waals surface area contributed by atoms with Crippen molar-refractivity contribution in [3.8, 4) is 0 Å². The number of ether oxygens (including phenoxy) is 1. The zero-order valence-electron chi connectivity index (χ0n) is 9.94. The van der Waals surface area contributed by atoms with E-state index in [4.69, 9.17) is 15.6 Å². The van der Waals surface area contributed by atoms with Gasteiger partial charge in [0.15, 0.2) is 0 Å². The Morgan fingerprint density at radius 3 is 2.89 bits per heavy atom. The van der Waals surface area contributed by atoms with Crippen molar-refractivity contribution in [1.82, 2.24) is 4.31 Å². The van der Waals surface area contributed by atoms with E-state index in [0.717, 1.165) is 11.3 Å². The number of nitrogens with zero attached hydrogens (tertiary/aromatic N) is 1. The van der Waals surface area contributed by atoms with Crippen molar-refractivity contribution in [2.75, 3.05) is 25.4 Å². The Labute approximate surface area is 110 Å². The molecule has 0 aliphatic carbocycles. The summed E-state index contributed by atoms with van der Waals surface area (Å²) in [5, 5.41) is 10.7. The van der Waals surface area contributed by atoms with Crippen molar-refractivity contribution < 1.29 is 18.3 Å². The Kier molecular flexibility index (Phi) is 3.93. The van der Waals surface area contributed by atoms with Crippen LogP contribution in [0.4, 0.5) is 5.69 Å². The summed E-state index contributed by atoms with van der Waals surface area (Å²) >= 11 is 1.10. The molecule has 2 unspecified atom stereocenters. The molecule has 0 aromatic carbocycles. The average Bonchev–Trinajstić information content (AvgIpc) is 2.75. The number of aliphatic hydroxyl groups excluding tert-OH is 1. The van der Waals surface area contributed by atoms with Gasteiger partial charge in [-0.2, -0.15) is 4.31 Å². The van der Waals surface area contributed by atoms with Gasteiger partial charge >= 0.3 is 0 Å². The second kappa shape index (κ2) is 5.14. The molecule has 0 amide bonds. The Bertz CT molecular complexity index is 514. The van der Waals surface area contributed by atoms with Gasteiger partial charge in [0, 0.05) is 24.2 Å². The average molecular weight is 292 g/mol. The van der Waals surface area contributed by atoms with E-state index >= 15 is 0 Å². The van der Waals surface area contributed by atoms with Crippen molar-refractivity contribution in [3.63, 3.8) is 0 Å². The first-order valence-corrected chi connectivity index (χ1v) is 7.86. The van der Waals surface area contributed by atoms with Gasteiger partial charge in [-0.1, -0.05) is 0 Å². The largest absolute Gasteiger partial charge is 0.398 e. The lowest BCUT2D eigenvalue weighted by atomic mass is 10.2. The van der Waals surface area contributed by atoms with Crippen LogP contribution in [0.15, 0.2) is 15.7 Å². The van der Waals surface area contributed by atoms with Gasteiger partial charge in [0.25, 0.3) is 10.0 Å². The molecule has 8 heteroatoms. The zero-order chi connectivity index (χ0) is 13.3. The second-order valence-corrected chi connectivity index (χ2v) is 7.35. The summed E-state index contributed by atoms with van der Waals surface area (Å²) < 4.78 is 31.7. The van der Waals surface area contributed by atoms with E-state index in [0.29, 0.717) is 5.69 Å². The van der Waals surface area contributed by atoms with Crippen LogP contribution in [-0.4, -0.2) is 49.7 Å². The van der Waals surface area contributed by atoms with E-state index in [2.05, 4.69) is 0 Å². The van der Waals surface area contributed by atoms with Gasteiger partial charge in [0.2, 0.25) is 0 Å². The monoisotopic (exact) mass is 292 g/mol. The minimum atomic E-state index is -3.54. The number of aliphatic hydroxyl groups is 1. The summed E-state index contributed by atoms with van der Waals surface area (Å²) in [6.07, 6.45) is -0.705. The zero-order valence-corrected chi connectivity index (χ0v) is 11.6. The minimum absolute atomic E-state index is 0.168. The normalized spacial score (nSPS) is 26.3. The Balaban J connectivity index is 2.24. The van der Waals surface area contributed by atoms with Crippen LogP contribution in [0.2, 0.25) is 0 Å². The van der Waals surface area contributed by atoms with Crippen LogP contribution in [-0.2, 0) is 14.8 Å². The number of anilines is 1. The number of nitrogen functional groups attached to an aromatic ring is 1. The maximum Gasteiger partial charge on any atom is 0.252 e. The maximum absolute atomic E-state index is 12.4. The molecule has 102 valence electrons. The second-order valence-electron chi connectivity index (χ2n) is 4.27. The molecule has 0 bridgehead atoms. The quantitative estimate of drug-likeness (QED) is 0.824. The molecule has 1 aromatic heterocycles. The summed E-state index contributed by atoms with van der Waals surface area (Å²) in [5.41, 5.74) is 5.99. The molecule has 6 nitrogen and oxygen atoms in total. The predicted octanol–water partition coefficient (Wildman–Crippen LogP) is 0.101. The van der Waals surface area contributed by atoms with Crippen molar-refractivity contribution in [2.24, 2.45) is 0 Å². The minimum Gasteiger partial charge on any atom is -0.398 e. The van der Waals surface area contributed by atoms with Crippen LogP contribution in [0.3, 0.4) is 0 Å². The smallest absolute Gasteiger partial charge is 0.252 e. The lowest BCUT2D eigenvalue weighted by molar-refractivity contribution is -0.0750. The maximum atomic E-state index is 12.4. The molecule has 1 aromatic rings. The highest BCUT2D eigenvalue weighted by atomic mass is 32.2. The SMILES string of the molecule is CC1CN(S(=O)(=O)c2cc(N)cs2)CC(CO)O1. The van der Waals surface area contributed by atoms with Crippen LogP contribution < -0.4 is 5.73 Å². The summed E-state index contributed by atoms with van der Waals surface area (Å²) in [7, 11) is -3.54. The Hall–Kier alpha value is -0.670. The highest BCUT2D eigenvalue weighted by Gasteiger charge is 2.34. The first-order chi connectivity index (χ1) is 8.43. The lowest BCUT2D eigenvalue weighted by Crippen LogP contribution is -2.50. The molecule has 2 atom stereocenters. The van der Waals surface area contributed by atoms with Gasteiger partial charge in [-0.25, -0.2) is 8.42 Å². The first-order valence-electron chi connectivity index (χ1n) is 5.54. The molecule has 18 heavy (non-hydrogen) atoms. The number of hydrogen-bond acceptors (Lipinski definition) is 6. The Morgan fingerprint density at radius 2 is 2.33 bits per heavy atom. The number of morpholine rings is 1. The van der Waals surface area contributed by atoms with Gasteiger partial charge < -0.3 is 15.6 Å². The van der Waals surface area contributed by atoms with Crippen molar-refractivity contribution in [3.05, 3.63) is 11.4 Å². The standard InChI is InChI=1S/C10H16N2O4S2/c1-7-3-12(4-9(5-13)16-7)18(14,15)10-2-8(11)6-17-10/h2,6-7,9,13H,3-5,11H2,1H3. The van der Waals surface area contributed by atoms with Crippen LogP contribution in [0.25, 0.3) is 0 Å². The van der Waals surface area contributed by atoms with Crippen molar-refractivity contribution in [1.29, 1.82) is 0 Å². The van der Waals surface area contributed by atoms with Gasteiger partial charge in [-0.05, 0) is 13.0 Å². The van der Waals surface area contributed by atoms with Gasteiger partial charge in [0.05, 0.1) is 18.8 Å². The molecule has 1 aliphatic heterocycles. The summed E-state index contributed by atoms with van der Waals surface area (Å²) in [6, 6.07) is 1.45. The molecule has 2 heterocycles. The van der Waals surface area contributed by atoms with E-state index < -0.39 is 16.1 Å². The molecule has 3 N–H and O–H groups in total. The highest BCUT2D eigenvalue weighted by molar-refractivity contribution is 7.91. The van der Waals surface area contributed by atoms with Crippen LogP contribution in [0, 0.1) is 0 Å². The number of nitrogens with two attached hydrogens (primary N) is 1. The summed E-state index contributed by atoms with van der Waals surface area (Å²) in [6.45, 7) is 2.05. The third-order valence-electron chi connectivity index (χ3n) is 2.69. The lowest BCUT2D eigenvalue weighted by Gasteiger charge is -2.34. The van der Waals surface area contributed by atoms with E-state index in [-0.39, 0.29) is 30.0 Å². The van der Waals surface area contributed by atoms with Gasteiger partial charge in [-0.15, -0.1) is 11.3 Å². The van der Waals surface area contributed by atoms with E-state index in [9.17, 15) is 8.42 Å². The topological polar surface area (TPSA) is 92.9 Å². The molecule has 1 fully saturated rings. The molecule has 0 saturated carbocycles. The molecular weight excluding hydrogens is 276 g/mol. The summed E-state index contributed by atoms with van der Waals surface area (Å²) in [5.74, 6) is 0. The fourth-order valence-electron chi connectivity index (χ4n) is 1.89. The van der Waals surface area contributed by atoms with Crippen LogP contribution in [0.1, 0.15) is 6.92 Å². The van der Waals surface area contributed by atoms with Crippen molar-refractivity contribution in [2.45, 2.75) is 23.3 Å². The molecular formula is C10H16N2O4S2. The number of sulfonamides is 1. The predicted molar refractivity (Wildman–Crippen MR) is 68.9 cm³/mol. The number of hydrogen-bond donors (Lipinski definition) is 2. The number of rotatable bonds is 3. The molecule has 0 spiro atoms. The third-order valence-corrected chi connectivity index (χ3v) is 5.95. The molecule has 1 saturated heterocycles. The fourth-order valence-corrected chi connectivity index (χ4v) is 4.67. The van der Waals surface area contributed by atoms with E-state index in [1.165, 1.54) is 10.4 Å². The van der Waals surface area contributed by atoms with E-state index in [1.54, 1.807) is 12.3 Å². The Morgan fingerprint density at radius 1 is 1.61 bits per heavy atom. The summed E-state index contributed by atoms with van der Waals surface area (Å²) in [4.78, 5) is 0. The third kappa shape index (κ3) is 2.67. The first kappa shape index (κ1) is 13.8. The van der Waals surface area contributed by atoms with E-state index in [1.807, 2.05) is 0 Å². The van der Waals surface area contributed by atoms with Crippen LogP contribution in [0.5, 0.6) is 0 Å². The molecule has 1 aliphatic rings. The number of thiophene rings is 1.